The van der Waals surface area contributed by atoms with E-state index < -0.39 is 5.67 Å². The Hall–Kier alpha value is -1.76. The van der Waals surface area contributed by atoms with Gasteiger partial charge in [-0.3, -0.25) is 4.79 Å². The lowest BCUT2D eigenvalue weighted by atomic mass is 10.1. The highest BCUT2D eigenvalue weighted by Crippen LogP contribution is 2.43. The Bertz CT molecular complexity index is 602. The summed E-state index contributed by atoms with van der Waals surface area (Å²) < 4.78 is 19.1. The van der Waals surface area contributed by atoms with Gasteiger partial charge in [-0.05, 0) is 39.5 Å². The van der Waals surface area contributed by atoms with Crippen LogP contribution in [0.25, 0.3) is 0 Å². The summed E-state index contributed by atoms with van der Waals surface area (Å²) in [6.45, 7) is 5.40. The van der Waals surface area contributed by atoms with Crippen molar-refractivity contribution < 1.29 is 13.9 Å². The minimum Gasteiger partial charge on any atom is -0.381 e. The Balaban J connectivity index is 1.68. The Morgan fingerprint density at radius 3 is 2.38 bits per heavy atom. The van der Waals surface area contributed by atoms with Crippen molar-refractivity contribution in [3.05, 3.63) is 11.4 Å². The van der Waals surface area contributed by atoms with E-state index in [0.717, 1.165) is 25.9 Å². The number of hydrogen-bond donors (Lipinski definition) is 1. The molecular weight excluding hydrogens is 311 g/mol. The zero-order valence-corrected chi connectivity index (χ0v) is 14.6. The molecule has 0 atom stereocenters. The zero-order valence-electron chi connectivity index (χ0n) is 14.6. The lowest BCUT2D eigenvalue weighted by Gasteiger charge is -2.31. The van der Waals surface area contributed by atoms with E-state index in [1.165, 1.54) is 0 Å². The first-order chi connectivity index (χ1) is 11.4. The molecule has 6 nitrogen and oxygen atoms in total. The van der Waals surface area contributed by atoms with Gasteiger partial charge in [-0.15, -0.1) is 0 Å². The molecule has 1 N–H and O–H groups in total. The second-order valence-electron chi connectivity index (χ2n) is 6.87. The normalized spacial score (nSPS) is 20.1. The van der Waals surface area contributed by atoms with Crippen molar-refractivity contribution in [2.45, 2.75) is 57.7 Å². The molecule has 2 fully saturated rings. The second-order valence-corrected chi connectivity index (χ2v) is 6.87. The number of methoxy groups -OCH3 is 1. The lowest BCUT2D eigenvalue weighted by molar-refractivity contribution is -0.117. The van der Waals surface area contributed by atoms with Crippen LogP contribution in [0.15, 0.2) is 0 Å². The number of hydrogen-bond acceptors (Lipinski definition) is 5. The molecule has 0 bridgehead atoms. The van der Waals surface area contributed by atoms with Gasteiger partial charge in [0, 0.05) is 20.2 Å². The van der Waals surface area contributed by atoms with Crippen molar-refractivity contribution in [3.63, 3.8) is 0 Å². The van der Waals surface area contributed by atoms with Gasteiger partial charge in [0.25, 0.3) is 0 Å². The SMILES string of the molecule is COC1CCN(c2nc(C)c(NC(=O)CC3(F)CC3)c(C)n2)CC1. The summed E-state index contributed by atoms with van der Waals surface area (Å²) in [4.78, 5) is 23.2. The Morgan fingerprint density at radius 2 is 1.88 bits per heavy atom. The van der Waals surface area contributed by atoms with Crippen molar-refractivity contribution in [2.24, 2.45) is 0 Å². The maximum Gasteiger partial charge on any atom is 0.227 e. The molecule has 7 heteroatoms. The third kappa shape index (κ3) is 3.83. The molecule has 1 aromatic rings. The van der Waals surface area contributed by atoms with Crippen LogP contribution < -0.4 is 10.2 Å². The quantitative estimate of drug-likeness (QED) is 0.895. The predicted molar refractivity (Wildman–Crippen MR) is 90.1 cm³/mol. The number of ether oxygens (including phenoxy) is 1. The highest BCUT2D eigenvalue weighted by atomic mass is 19.1. The third-order valence-electron chi connectivity index (χ3n) is 4.85. The van der Waals surface area contributed by atoms with Gasteiger partial charge in [0.1, 0.15) is 5.67 Å². The van der Waals surface area contributed by atoms with E-state index in [-0.39, 0.29) is 12.3 Å². The number of carbonyl (C=O) groups excluding carboxylic acids is 1. The monoisotopic (exact) mass is 336 g/mol. The largest absolute Gasteiger partial charge is 0.381 e. The van der Waals surface area contributed by atoms with Gasteiger partial charge < -0.3 is 15.0 Å². The number of amides is 1. The predicted octanol–water partition coefficient (Wildman–Crippen LogP) is 2.54. The van der Waals surface area contributed by atoms with E-state index in [1.54, 1.807) is 7.11 Å². The molecule has 2 aliphatic rings. The molecule has 0 spiro atoms. The van der Waals surface area contributed by atoms with Gasteiger partial charge >= 0.3 is 0 Å². The maximum absolute atomic E-state index is 13.7. The fourth-order valence-electron chi connectivity index (χ4n) is 3.10. The van der Waals surface area contributed by atoms with Crippen molar-refractivity contribution in [1.29, 1.82) is 0 Å². The highest BCUT2D eigenvalue weighted by molar-refractivity contribution is 5.92. The number of anilines is 2. The number of piperidine rings is 1. The van der Waals surface area contributed by atoms with Crippen LogP contribution in [0.4, 0.5) is 16.0 Å². The van der Waals surface area contributed by atoms with E-state index in [0.29, 0.717) is 42.0 Å². The topological polar surface area (TPSA) is 67.3 Å². The van der Waals surface area contributed by atoms with Gasteiger partial charge in [0.05, 0.1) is 29.6 Å². The van der Waals surface area contributed by atoms with Crippen LogP contribution in [0.1, 0.15) is 43.5 Å². The molecule has 0 aromatic carbocycles. The number of nitrogens with one attached hydrogen (secondary N) is 1. The first-order valence-corrected chi connectivity index (χ1v) is 8.52. The van der Waals surface area contributed by atoms with Crippen molar-refractivity contribution in [1.82, 2.24) is 9.97 Å². The average Bonchev–Trinajstić information content (AvgIpc) is 3.27. The summed E-state index contributed by atoms with van der Waals surface area (Å²) in [6.07, 6.45) is 3.08. The fourth-order valence-corrected chi connectivity index (χ4v) is 3.10. The average molecular weight is 336 g/mol. The molecule has 1 aromatic heterocycles. The van der Waals surface area contributed by atoms with E-state index in [9.17, 15) is 9.18 Å². The molecule has 1 saturated carbocycles. The van der Waals surface area contributed by atoms with Crippen LogP contribution in [0.3, 0.4) is 0 Å². The summed E-state index contributed by atoms with van der Waals surface area (Å²) in [7, 11) is 1.74. The molecule has 1 saturated heterocycles. The van der Waals surface area contributed by atoms with Gasteiger partial charge in [0.2, 0.25) is 11.9 Å². The zero-order chi connectivity index (χ0) is 17.3. The van der Waals surface area contributed by atoms with Gasteiger partial charge in [-0.1, -0.05) is 0 Å². The molecule has 0 radical (unpaired) electrons. The second kappa shape index (κ2) is 6.63. The van der Waals surface area contributed by atoms with Crippen molar-refractivity contribution in [3.8, 4) is 0 Å². The summed E-state index contributed by atoms with van der Waals surface area (Å²) in [5.41, 5.74) is 0.727. The van der Waals surface area contributed by atoms with Gasteiger partial charge in [-0.25, -0.2) is 14.4 Å². The lowest BCUT2D eigenvalue weighted by Crippen LogP contribution is -2.38. The third-order valence-corrected chi connectivity index (χ3v) is 4.85. The Kier molecular flexibility index (Phi) is 4.71. The van der Waals surface area contributed by atoms with Gasteiger partial charge in [-0.2, -0.15) is 0 Å². The van der Waals surface area contributed by atoms with Crippen LogP contribution in [0.2, 0.25) is 0 Å². The molecule has 24 heavy (non-hydrogen) atoms. The van der Waals surface area contributed by atoms with Crippen LogP contribution >= 0.6 is 0 Å². The number of nitrogens with zero attached hydrogens (tertiary/aromatic N) is 3. The van der Waals surface area contributed by atoms with Crippen molar-refractivity contribution in [2.75, 3.05) is 30.4 Å². The molecule has 3 rings (SSSR count). The maximum atomic E-state index is 13.7. The fraction of sp³-hybridized carbons (Fsp3) is 0.706. The van der Waals surface area contributed by atoms with Crippen LogP contribution in [-0.4, -0.2) is 47.8 Å². The van der Waals surface area contributed by atoms with E-state index in [1.807, 2.05) is 13.8 Å². The Labute approximate surface area is 141 Å². The van der Waals surface area contributed by atoms with Crippen LogP contribution in [0.5, 0.6) is 0 Å². The number of aromatic nitrogens is 2. The molecule has 1 amide bonds. The smallest absolute Gasteiger partial charge is 0.227 e. The number of halogens is 1. The summed E-state index contributed by atoms with van der Waals surface area (Å²) in [6, 6.07) is 0. The number of carbonyl (C=O) groups is 1. The molecule has 0 unspecified atom stereocenters. The minimum absolute atomic E-state index is 0.0852. The number of rotatable bonds is 5. The van der Waals surface area contributed by atoms with E-state index in [2.05, 4.69) is 20.2 Å². The standard InChI is InChI=1S/C17H25FN4O2/c1-11-15(21-14(23)10-17(18)6-7-17)12(2)20-16(19-11)22-8-4-13(24-3)5-9-22/h13H,4-10H2,1-3H3,(H,21,23). The molecular formula is C17H25FN4O2. The number of alkyl halides is 1. The van der Waals surface area contributed by atoms with E-state index >= 15 is 0 Å². The summed E-state index contributed by atoms with van der Waals surface area (Å²) in [5, 5.41) is 2.78. The Morgan fingerprint density at radius 1 is 1.29 bits per heavy atom. The first-order valence-electron chi connectivity index (χ1n) is 8.52. The molecule has 132 valence electrons. The summed E-state index contributed by atoms with van der Waals surface area (Å²) >= 11 is 0. The molecule has 2 heterocycles. The molecule has 1 aliphatic carbocycles. The van der Waals surface area contributed by atoms with Crippen molar-refractivity contribution >= 4 is 17.5 Å². The highest BCUT2D eigenvalue weighted by Gasteiger charge is 2.45. The minimum atomic E-state index is -1.29. The van der Waals surface area contributed by atoms with E-state index in [4.69, 9.17) is 4.74 Å². The van der Waals surface area contributed by atoms with Crippen LogP contribution in [0, 0.1) is 13.8 Å². The summed E-state index contributed by atoms with van der Waals surface area (Å²) in [5.74, 6) is 0.375. The van der Waals surface area contributed by atoms with Gasteiger partial charge in [0.15, 0.2) is 0 Å². The number of aryl methyl sites for hydroxylation is 2. The first kappa shape index (κ1) is 17.1. The van der Waals surface area contributed by atoms with Crippen LogP contribution in [-0.2, 0) is 9.53 Å². The molecule has 1 aliphatic heterocycles.